The van der Waals surface area contributed by atoms with Crippen LogP contribution in [-0.4, -0.2) is 30.1 Å². The standard InChI is InChI=1S/C16H19ClF3N3O4/c1-7(2)12(14(25)27-8(3)13(24)23-15(21)26)22-11-5-4-9(6-10(11)17)16(18,19)20/h4-8,12,22H,1-3H3,(H3,21,23,24,26)/t8-,12-/m0/s1. The maximum Gasteiger partial charge on any atom is 0.416 e. The first-order chi connectivity index (χ1) is 12.3. The van der Waals surface area contributed by atoms with Gasteiger partial charge in [-0.2, -0.15) is 13.2 Å². The number of anilines is 1. The third-order valence-electron chi connectivity index (χ3n) is 3.44. The van der Waals surface area contributed by atoms with E-state index in [1.165, 1.54) is 6.92 Å². The second-order valence-electron chi connectivity index (χ2n) is 5.99. The molecule has 0 aliphatic heterocycles. The Morgan fingerprint density at radius 1 is 1.19 bits per heavy atom. The van der Waals surface area contributed by atoms with Crippen molar-refractivity contribution in [3.63, 3.8) is 0 Å². The molecule has 7 nitrogen and oxygen atoms in total. The molecule has 0 radical (unpaired) electrons. The monoisotopic (exact) mass is 409 g/mol. The Hall–Kier alpha value is -2.49. The lowest BCUT2D eigenvalue weighted by atomic mass is 10.0. The van der Waals surface area contributed by atoms with Crippen molar-refractivity contribution in [2.75, 3.05) is 5.32 Å². The van der Waals surface area contributed by atoms with E-state index < -0.39 is 41.8 Å². The summed E-state index contributed by atoms with van der Waals surface area (Å²) in [6.45, 7) is 4.55. The molecule has 2 atom stereocenters. The number of nitrogens with two attached hydrogens (primary N) is 1. The first kappa shape index (κ1) is 22.6. The second kappa shape index (κ2) is 8.94. The van der Waals surface area contributed by atoms with Gasteiger partial charge in [0.05, 0.1) is 16.3 Å². The summed E-state index contributed by atoms with van der Waals surface area (Å²) in [4.78, 5) is 34.6. The minimum Gasteiger partial charge on any atom is -0.451 e. The normalized spacial score (nSPS) is 13.6. The van der Waals surface area contributed by atoms with E-state index in [0.29, 0.717) is 0 Å². The molecule has 0 saturated heterocycles. The Morgan fingerprint density at radius 3 is 2.22 bits per heavy atom. The minimum atomic E-state index is -4.55. The van der Waals surface area contributed by atoms with Crippen LogP contribution in [0.4, 0.5) is 23.7 Å². The topological polar surface area (TPSA) is 111 Å². The predicted octanol–water partition coefficient (Wildman–Crippen LogP) is 2.92. The summed E-state index contributed by atoms with van der Waals surface area (Å²) in [6.07, 6.45) is -5.86. The lowest BCUT2D eigenvalue weighted by Crippen LogP contribution is -2.45. The summed E-state index contributed by atoms with van der Waals surface area (Å²) in [5, 5.41) is 4.25. The number of rotatable bonds is 6. The van der Waals surface area contributed by atoms with Gasteiger partial charge in [-0.05, 0) is 31.0 Å². The molecule has 1 aromatic carbocycles. The predicted molar refractivity (Wildman–Crippen MR) is 92.0 cm³/mol. The van der Waals surface area contributed by atoms with Crippen LogP contribution in [0.3, 0.4) is 0 Å². The molecule has 0 saturated carbocycles. The Morgan fingerprint density at radius 2 is 1.78 bits per heavy atom. The fourth-order valence-corrected chi connectivity index (χ4v) is 2.23. The average molecular weight is 410 g/mol. The van der Waals surface area contributed by atoms with Crippen molar-refractivity contribution in [2.24, 2.45) is 11.7 Å². The molecule has 0 spiro atoms. The van der Waals surface area contributed by atoms with Crippen LogP contribution in [0.15, 0.2) is 18.2 Å². The molecule has 11 heteroatoms. The fraction of sp³-hybridized carbons (Fsp3) is 0.438. The first-order valence-electron chi connectivity index (χ1n) is 7.77. The quantitative estimate of drug-likeness (QED) is 0.626. The Labute approximate surface area is 158 Å². The molecule has 1 rings (SSSR count). The molecule has 1 aromatic rings. The molecule has 150 valence electrons. The van der Waals surface area contributed by atoms with E-state index >= 15 is 0 Å². The maximum absolute atomic E-state index is 12.7. The van der Waals surface area contributed by atoms with Crippen LogP contribution in [-0.2, 0) is 20.5 Å². The number of imide groups is 1. The van der Waals surface area contributed by atoms with Gasteiger partial charge in [0.15, 0.2) is 6.10 Å². The van der Waals surface area contributed by atoms with Gasteiger partial charge in [-0.15, -0.1) is 0 Å². The molecule has 0 heterocycles. The number of hydrogen-bond donors (Lipinski definition) is 3. The molecule has 0 aliphatic carbocycles. The molecule has 0 aromatic heterocycles. The van der Waals surface area contributed by atoms with Crippen LogP contribution in [0.1, 0.15) is 26.3 Å². The van der Waals surface area contributed by atoms with Crippen molar-refractivity contribution in [1.82, 2.24) is 5.32 Å². The SMILES string of the molecule is CC(C)[C@H](Nc1ccc(C(F)(F)F)cc1Cl)C(=O)O[C@@H](C)C(=O)NC(N)=O. The number of carbonyl (C=O) groups excluding carboxylic acids is 3. The zero-order chi connectivity index (χ0) is 20.9. The maximum atomic E-state index is 12.7. The van der Waals surface area contributed by atoms with E-state index in [1.807, 2.05) is 0 Å². The molecular weight excluding hydrogens is 391 g/mol. The number of alkyl halides is 3. The van der Waals surface area contributed by atoms with Crippen LogP contribution in [0.5, 0.6) is 0 Å². The molecule has 27 heavy (non-hydrogen) atoms. The highest BCUT2D eigenvalue weighted by Crippen LogP contribution is 2.34. The average Bonchev–Trinajstić information content (AvgIpc) is 2.51. The number of ether oxygens (including phenoxy) is 1. The number of amides is 3. The van der Waals surface area contributed by atoms with Crippen molar-refractivity contribution < 1.29 is 32.3 Å². The van der Waals surface area contributed by atoms with Gasteiger partial charge in [-0.3, -0.25) is 10.1 Å². The number of primary amides is 1. The van der Waals surface area contributed by atoms with Crippen LogP contribution in [0.25, 0.3) is 0 Å². The van der Waals surface area contributed by atoms with Gasteiger partial charge in [0.2, 0.25) is 0 Å². The van der Waals surface area contributed by atoms with Crippen LogP contribution in [0.2, 0.25) is 5.02 Å². The Balaban J connectivity index is 2.92. The summed E-state index contributed by atoms with van der Waals surface area (Å²) in [7, 11) is 0. The van der Waals surface area contributed by atoms with Gasteiger partial charge >= 0.3 is 18.2 Å². The van der Waals surface area contributed by atoms with Crippen LogP contribution >= 0.6 is 11.6 Å². The summed E-state index contributed by atoms with van der Waals surface area (Å²) in [5.41, 5.74) is 3.97. The fourth-order valence-electron chi connectivity index (χ4n) is 2.00. The number of halogens is 4. The molecule has 0 aliphatic rings. The molecule has 3 amide bonds. The molecule has 0 bridgehead atoms. The highest BCUT2D eigenvalue weighted by molar-refractivity contribution is 6.33. The van der Waals surface area contributed by atoms with Crippen LogP contribution in [0, 0.1) is 5.92 Å². The summed E-state index contributed by atoms with van der Waals surface area (Å²) in [6, 6.07) is 0.535. The number of benzene rings is 1. The Bertz CT molecular complexity index is 725. The third-order valence-corrected chi connectivity index (χ3v) is 3.75. The van der Waals surface area contributed by atoms with Gasteiger partial charge < -0.3 is 15.8 Å². The zero-order valence-electron chi connectivity index (χ0n) is 14.7. The lowest BCUT2D eigenvalue weighted by Gasteiger charge is -2.24. The number of esters is 1. The molecule has 4 N–H and O–H groups in total. The zero-order valence-corrected chi connectivity index (χ0v) is 15.4. The number of nitrogens with one attached hydrogen (secondary N) is 2. The van der Waals surface area contributed by atoms with Crippen molar-refractivity contribution in [3.8, 4) is 0 Å². The van der Waals surface area contributed by atoms with E-state index in [0.717, 1.165) is 18.2 Å². The van der Waals surface area contributed by atoms with Crippen LogP contribution < -0.4 is 16.4 Å². The molecule has 0 unspecified atom stereocenters. The second-order valence-corrected chi connectivity index (χ2v) is 6.40. The largest absolute Gasteiger partial charge is 0.451 e. The van der Waals surface area contributed by atoms with Gasteiger partial charge in [-0.1, -0.05) is 25.4 Å². The van der Waals surface area contributed by atoms with Crippen molar-refractivity contribution >= 4 is 35.2 Å². The first-order valence-corrected chi connectivity index (χ1v) is 8.14. The van der Waals surface area contributed by atoms with Gasteiger partial charge in [-0.25, -0.2) is 9.59 Å². The van der Waals surface area contributed by atoms with E-state index in [-0.39, 0.29) is 16.6 Å². The van der Waals surface area contributed by atoms with Crippen molar-refractivity contribution in [3.05, 3.63) is 28.8 Å². The lowest BCUT2D eigenvalue weighted by molar-refractivity contribution is -0.156. The highest BCUT2D eigenvalue weighted by Gasteiger charge is 2.32. The minimum absolute atomic E-state index is 0.0922. The van der Waals surface area contributed by atoms with Crippen molar-refractivity contribution in [2.45, 2.75) is 39.1 Å². The van der Waals surface area contributed by atoms with Gasteiger partial charge in [0.25, 0.3) is 5.91 Å². The number of carbonyl (C=O) groups is 3. The Kier molecular flexibility index (Phi) is 7.46. The summed E-state index contributed by atoms with van der Waals surface area (Å²) in [5.74, 6) is -2.12. The third kappa shape index (κ3) is 6.63. The smallest absolute Gasteiger partial charge is 0.416 e. The van der Waals surface area contributed by atoms with E-state index in [9.17, 15) is 27.6 Å². The van der Waals surface area contributed by atoms with E-state index in [4.69, 9.17) is 22.1 Å². The van der Waals surface area contributed by atoms with E-state index in [1.54, 1.807) is 19.2 Å². The summed E-state index contributed by atoms with van der Waals surface area (Å²) < 4.78 is 43.1. The number of urea groups is 1. The van der Waals surface area contributed by atoms with Crippen molar-refractivity contribution in [1.29, 1.82) is 0 Å². The highest BCUT2D eigenvalue weighted by atomic mass is 35.5. The van der Waals surface area contributed by atoms with Gasteiger partial charge in [0.1, 0.15) is 6.04 Å². The molecular formula is C16H19ClF3N3O4. The molecule has 0 fully saturated rings. The van der Waals surface area contributed by atoms with E-state index in [2.05, 4.69) is 5.32 Å². The van der Waals surface area contributed by atoms with Gasteiger partial charge in [0, 0.05) is 0 Å². The summed E-state index contributed by atoms with van der Waals surface area (Å²) >= 11 is 5.87. The number of hydrogen-bond acceptors (Lipinski definition) is 5.